The van der Waals surface area contributed by atoms with E-state index in [9.17, 15) is 19.2 Å². The first-order valence-electron chi connectivity index (χ1n) is 6.12. The lowest BCUT2D eigenvalue weighted by Gasteiger charge is -2.33. The van der Waals surface area contributed by atoms with Gasteiger partial charge in [0.25, 0.3) is 0 Å². The van der Waals surface area contributed by atoms with Gasteiger partial charge < -0.3 is 25.7 Å². The second kappa shape index (κ2) is 6.73. The van der Waals surface area contributed by atoms with E-state index >= 15 is 0 Å². The van der Waals surface area contributed by atoms with Crippen LogP contribution in [0.3, 0.4) is 0 Å². The van der Waals surface area contributed by atoms with Gasteiger partial charge in [0.1, 0.15) is 12.1 Å². The first-order chi connectivity index (χ1) is 9.32. The maximum atomic E-state index is 11.9. The molecule has 20 heavy (non-hydrogen) atoms. The lowest BCUT2D eigenvalue weighted by atomic mass is 10.1. The van der Waals surface area contributed by atoms with Crippen molar-refractivity contribution < 1.29 is 29.4 Å². The largest absolute Gasteiger partial charge is 0.481 e. The molecule has 0 saturated carbocycles. The Morgan fingerprint density at radius 2 is 2.10 bits per heavy atom. The normalized spacial score (nSPS) is 19.9. The zero-order chi connectivity index (χ0) is 15.3. The maximum Gasteiger partial charge on any atom is 0.326 e. The average Bonchev–Trinajstić information content (AvgIpc) is 2.36. The fourth-order valence-corrected chi connectivity index (χ4v) is 1.82. The van der Waals surface area contributed by atoms with Crippen LogP contribution in [-0.2, 0) is 14.4 Å². The summed E-state index contributed by atoms with van der Waals surface area (Å²) in [6.45, 7) is 2.09. The first-order valence-corrected chi connectivity index (χ1v) is 6.12. The number of amides is 3. The number of carbonyl (C=O) groups is 4. The Morgan fingerprint density at radius 1 is 1.45 bits per heavy atom. The zero-order valence-electron chi connectivity index (χ0n) is 11.0. The number of hydrogen-bond acceptors (Lipinski definition) is 4. The summed E-state index contributed by atoms with van der Waals surface area (Å²) in [6.07, 6.45) is -0.585. The van der Waals surface area contributed by atoms with Crippen LogP contribution in [0, 0.1) is 0 Å². The summed E-state index contributed by atoms with van der Waals surface area (Å²) in [5, 5.41) is 22.3. The van der Waals surface area contributed by atoms with Crippen molar-refractivity contribution in [2.45, 2.75) is 31.8 Å². The van der Waals surface area contributed by atoms with E-state index in [2.05, 4.69) is 10.6 Å². The number of rotatable bonds is 5. The standard InChI is InChI=1S/C11H17N3O6/c1-6-9(17)12-4-5-14(6)11(20)13-7(10(18)19)2-3-8(15)16/h6-7H,2-5H2,1H3,(H,12,17)(H,13,20)(H,15,16)(H,18,19)/t6?,7-/m0/s1. The quantitative estimate of drug-likeness (QED) is 0.503. The molecule has 1 aliphatic heterocycles. The van der Waals surface area contributed by atoms with Gasteiger partial charge in [-0.25, -0.2) is 9.59 Å². The molecule has 0 aromatic rings. The lowest BCUT2D eigenvalue weighted by Crippen LogP contribution is -2.59. The summed E-state index contributed by atoms with van der Waals surface area (Å²) in [5.74, 6) is -2.77. The Labute approximate surface area is 114 Å². The van der Waals surface area contributed by atoms with Crippen LogP contribution in [0.2, 0.25) is 0 Å². The van der Waals surface area contributed by atoms with Crippen LogP contribution in [0.15, 0.2) is 0 Å². The summed E-state index contributed by atoms with van der Waals surface area (Å²) in [4.78, 5) is 46.0. The monoisotopic (exact) mass is 287 g/mol. The average molecular weight is 287 g/mol. The van der Waals surface area contributed by atoms with Crippen molar-refractivity contribution in [3.63, 3.8) is 0 Å². The molecule has 0 spiro atoms. The van der Waals surface area contributed by atoms with Gasteiger partial charge in [0.15, 0.2) is 0 Å². The number of nitrogens with one attached hydrogen (secondary N) is 2. The predicted octanol–water partition coefficient (Wildman–Crippen LogP) is -1.17. The highest BCUT2D eigenvalue weighted by Gasteiger charge is 2.31. The second-order valence-electron chi connectivity index (χ2n) is 4.43. The van der Waals surface area contributed by atoms with Crippen molar-refractivity contribution in [3.8, 4) is 0 Å². The SMILES string of the molecule is CC1C(=O)NCCN1C(=O)N[C@@H](CCC(=O)O)C(=O)O. The number of piperazine rings is 1. The maximum absolute atomic E-state index is 11.9. The van der Waals surface area contributed by atoms with Crippen molar-refractivity contribution in [3.05, 3.63) is 0 Å². The third-order valence-corrected chi connectivity index (χ3v) is 3.00. The molecule has 0 bridgehead atoms. The Kier molecular flexibility index (Phi) is 5.30. The third kappa shape index (κ3) is 4.11. The third-order valence-electron chi connectivity index (χ3n) is 3.00. The summed E-state index contributed by atoms with van der Waals surface area (Å²) in [6, 6.07) is -2.68. The molecular formula is C11H17N3O6. The van der Waals surface area contributed by atoms with Crippen LogP contribution in [0.4, 0.5) is 4.79 Å². The molecule has 9 nitrogen and oxygen atoms in total. The number of carbonyl (C=O) groups excluding carboxylic acids is 2. The Balaban J connectivity index is 2.63. The Hall–Kier alpha value is -2.32. The summed E-state index contributed by atoms with van der Waals surface area (Å²) in [5.41, 5.74) is 0. The molecule has 0 radical (unpaired) electrons. The number of carboxylic acid groups (broad SMARTS) is 2. The molecule has 9 heteroatoms. The van der Waals surface area contributed by atoms with Crippen molar-refractivity contribution in [1.82, 2.24) is 15.5 Å². The molecule has 1 saturated heterocycles. The van der Waals surface area contributed by atoms with Crippen molar-refractivity contribution >= 4 is 23.9 Å². The van der Waals surface area contributed by atoms with Gasteiger partial charge in [0, 0.05) is 19.5 Å². The van der Waals surface area contributed by atoms with Gasteiger partial charge in [-0.2, -0.15) is 0 Å². The molecule has 0 aromatic heterocycles. The van der Waals surface area contributed by atoms with Gasteiger partial charge in [-0.3, -0.25) is 9.59 Å². The van der Waals surface area contributed by atoms with E-state index in [1.165, 1.54) is 11.8 Å². The van der Waals surface area contributed by atoms with Crippen molar-refractivity contribution in [1.29, 1.82) is 0 Å². The van der Waals surface area contributed by atoms with E-state index in [0.29, 0.717) is 6.54 Å². The molecule has 1 rings (SSSR count). The smallest absolute Gasteiger partial charge is 0.326 e. The highest BCUT2D eigenvalue weighted by Crippen LogP contribution is 2.06. The highest BCUT2D eigenvalue weighted by atomic mass is 16.4. The topological polar surface area (TPSA) is 136 Å². The van der Waals surface area contributed by atoms with E-state index in [4.69, 9.17) is 10.2 Å². The minimum absolute atomic E-state index is 0.217. The van der Waals surface area contributed by atoms with Gasteiger partial charge in [0.2, 0.25) is 5.91 Å². The summed E-state index contributed by atoms with van der Waals surface area (Å²) < 4.78 is 0. The minimum Gasteiger partial charge on any atom is -0.481 e. The first kappa shape index (κ1) is 15.7. The van der Waals surface area contributed by atoms with E-state index in [1.54, 1.807) is 0 Å². The zero-order valence-corrected chi connectivity index (χ0v) is 11.0. The van der Waals surface area contributed by atoms with Gasteiger partial charge in [-0.15, -0.1) is 0 Å². The molecule has 3 amide bonds. The van der Waals surface area contributed by atoms with Crippen molar-refractivity contribution in [2.24, 2.45) is 0 Å². The lowest BCUT2D eigenvalue weighted by molar-refractivity contribution is -0.140. The molecule has 112 valence electrons. The van der Waals surface area contributed by atoms with Gasteiger partial charge in [-0.05, 0) is 13.3 Å². The summed E-state index contributed by atoms with van der Waals surface area (Å²) >= 11 is 0. The molecular weight excluding hydrogens is 270 g/mol. The number of aliphatic carboxylic acids is 2. The number of hydrogen-bond donors (Lipinski definition) is 4. The second-order valence-corrected chi connectivity index (χ2v) is 4.43. The Morgan fingerprint density at radius 3 is 2.65 bits per heavy atom. The minimum atomic E-state index is -1.31. The fraction of sp³-hybridized carbons (Fsp3) is 0.636. The van der Waals surface area contributed by atoms with Crippen LogP contribution in [0.1, 0.15) is 19.8 Å². The fourth-order valence-electron chi connectivity index (χ4n) is 1.82. The number of nitrogens with zero attached hydrogens (tertiary/aromatic N) is 1. The molecule has 0 aliphatic carbocycles. The molecule has 0 aromatic carbocycles. The molecule has 1 fully saturated rings. The molecule has 4 N–H and O–H groups in total. The van der Waals surface area contributed by atoms with Crippen LogP contribution in [0.5, 0.6) is 0 Å². The van der Waals surface area contributed by atoms with E-state index < -0.39 is 30.1 Å². The van der Waals surface area contributed by atoms with E-state index in [1.807, 2.05) is 0 Å². The van der Waals surface area contributed by atoms with Crippen molar-refractivity contribution in [2.75, 3.05) is 13.1 Å². The number of carboxylic acids is 2. The van der Waals surface area contributed by atoms with Crippen LogP contribution in [0.25, 0.3) is 0 Å². The molecule has 2 atom stereocenters. The van der Waals surface area contributed by atoms with Gasteiger partial charge in [0.05, 0.1) is 0 Å². The Bertz CT molecular complexity index is 424. The van der Waals surface area contributed by atoms with Gasteiger partial charge in [-0.1, -0.05) is 0 Å². The van der Waals surface area contributed by atoms with E-state index in [-0.39, 0.29) is 25.3 Å². The highest BCUT2D eigenvalue weighted by molar-refractivity contribution is 5.89. The van der Waals surface area contributed by atoms with Crippen LogP contribution >= 0.6 is 0 Å². The van der Waals surface area contributed by atoms with Gasteiger partial charge >= 0.3 is 18.0 Å². The van der Waals surface area contributed by atoms with Crippen LogP contribution in [-0.4, -0.2) is 64.2 Å². The van der Waals surface area contributed by atoms with E-state index in [0.717, 1.165) is 0 Å². The summed E-state index contributed by atoms with van der Waals surface area (Å²) in [7, 11) is 0. The molecule has 1 aliphatic rings. The molecule has 1 heterocycles. The predicted molar refractivity (Wildman–Crippen MR) is 66.0 cm³/mol. The molecule has 1 unspecified atom stereocenters. The number of urea groups is 1. The van der Waals surface area contributed by atoms with Crippen LogP contribution < -0.4 is 10.6 Å².